The Hall–Kier alpha value is -1.56. The number of hydrogen-bond acceptors (Lipinski definition) is 3. The van der Waals surface area contributed by atoms with Gasteiger partial charge in [-0.25, -0.2) is 8.42 Å². The molecule has 7 heteroatoms. The minimum Gasteiger partial charge on any atom is -0.325 e. The van der Waals surface area contributed by atoms with Crippen LogP contribution in [-0.4, -0.2) is 20.1 Å². The summed E-state index contributed by atoms with van der Waals surface area (Å²) >= 11 is 11.7. The molecule has 116 valence electrons. The smallest absolute Gasteiger partial charge is 0.239 e. The Morgan fingerprint density at radius 2 is 1.73 bits per heavy atom. The van der Waals surface area contributed by atoms with Crippen LogP contribution in [0.1, 0.15) is 5.56 Å². The van der Waals surface area contributed by atoms with E-state index in [0.29, 0.717) is 21.3 Å². The summed E-state index contributed by atoms with van der Waals surface area (Å²) in [5.41, 5.74) is 1.17. The van der Waals surface area contributed by atoms with Gasteiger partial charge in [0.2, 0.25) is 5.91 Å². The van der Waals surface area contributed by atoms with E-state index in [9.17, 15) is 13.2 Å². The fourth-order valence-electron chi connectivity index (χ4n) is 1.83. The van der Waals surface area contributed by atoms with E-state index in [4.69, 9.17) is 23.2 Å². The standard InChI is InChI=1S/C15H13Cl2NO3S/c1-10-13(17)3-2-4-14(10)18-15(19)9-22(20,21)12-7-5-11(16)6-8-12/h2-8H,9H2,1H3,(H,18,19). The van der Waals surface area contributed by atoms with E-state index in [0.717, 1.165) is 0 Å². The van der Waals surface area contributed by atoms with Crippen molar-refractivity contribution >= 4 is 44.6 Å². The fraction of sp³-hybridized carbons (Fsp3) is 0.133. The van der Waals surface area contributed by atoms with Crippen LogP contribution in [0.3, 0.4) is 0 Å². The Bertz CT molecular complexity index is 802. The molecule has 0 aliphatic carbocycles. The summed E-state index contributed by atoms with van der Waals surface area (Å²) in [7, 11) is -3.72. The zero-order chi connectivity index (χ0) is 16.3. The highest BCUT2D eigenvalue weighted by atomic mass is 35.5. The third kappa shape index (κ3) is 4.00. The number of nitrogens with one attached hydrogen (secondary N) is 1. The summed E-state index contributed by atoms with van der Waals surface area (Å²) in [5.74, 6) is -1.28. The molecule has 1 N–H and O–H groups in total. The summed E-state index contributed by atoms with van der Waals surface area (Å²) in [6, 6.07) is 10.7. The van der Waals surface area contributed by atoms with Crippen molar-refractivity contribution < 1.29 is 13.2 Å². The van der Waals surface area contributed by atoms with Crippen LogP contribution in [0.2, 0.25) is 10.0 Å². The van der Waals surface area contributed by atoms with Crippen molar-refractivity contribution in [3.63, 3.8) is 0 Å². The number of rotatable bonds is 4. The molecule has 4 nitrogen and oxygen atoms in total. The van der Waals surface area contributed by atoms with Crippen molar-refractivity contribution in [2.75, 3.05) is 11.1 Å². The van der Waals surface area contributed by atoms with Crippen molar-refractivity contribution in [3.05, 3.63) is 58.1 Å². The van der Waals surface area contributed by atoms with Gasteiger partial charge >= 0.3 is 0 Å². The fourth-order valence-corrected chi connectivity index (χ4v) is 3.26. The number of halogens is 2. The number of carbonyl (C=O) groups excluding carboxylic acids is 1. The molecule has 0 spiro atoms. The van der Waals surface area contributed by atoms with E-state index in [2.05, 4.69) is 5.32 Å². The molecule has 22 heavy (non-hydrogen) atoms. The third-order valence-corrected chi connectivity index (χ3v) is 5.33. The Kier molecular flexibility index (Phi) is 5.11. The van der Waals surface area contributed by atoms with Gasteiger partial charge in [-0.05, 0) is 48.9 Å². The van der Waals surface area contributed by atoms with Crippen molar-refractivity contribution in [2.45, 2.75) is 11.8 Å². The largest absolute Gasteiger partial charge is 0.325 e. The zero-order valence-electron chi connectivity index (χ0n) is 11.6. The van der Waals surface area contributed by atoms with Crippen LogP contribution in [0.15, 0.2) is 47.4 Å². The van der Waals surface area contributed by atoms with Gasteiger partial charge in [-0.2, -0.15) is 0 Å². The minimum absolute atomic E-state index is 0.0508. The first-order valence-corrected chi connectivity index (χ1v) is 8.74. The lowest BCUT2D eigenvalue weighted by atomic mass is 10.2. The maximum absolute atomic E-state index is 12.2. The van der Waals surface area contributed by atoms with Gasteiger partial charge in [0.25, 0.3) is 0 Å². The highest BCUT2D eigenvalue weighted by Crippen LogP contribution is 2.23. The first-order chi connectivity index (χ1) is 10.3. The van der Waals surface area contributed by atoms with Gasteiger partial charge in [0, 0.05) is 15.7 Å². The molecule has 0 unspecified atom stereocenters. The first-order valence-electron chi connectivity index (χ1n) is 6.33. The SMILES string of the molecule is Cc1c(Cl)cccc1NC(=O)CS(=O)(=O)c1ccc(Cl)cc1. The Morgan fingerprint density at radius 3 is 2.36 bits per heavy atom. The normalized spacial score (nSPS) is 11.2. The number of carbonyl (C=O) groups is 1. The molecule has 0 bridgehead atoms. The number of amides is 1. The Balaban J connectivity index is 2.14. The van der Waals surface area contributed by atoms with E-state index in [1.807, 2.05) is 0 Å². The summed E-state index contributed by atoms with van der Waals surface area (Å²) < 4.78 is 24.3. The van der Waals surface area contributed by atoms with Crippen molar-refractivity contribution in [3.8, 4) is 0 Å². The van der Waals surface area contributed by atoms with E-state index >= 15 is 0 Å². The molecular weight excluding hydrogens is 345 g/mol. The van der Waals surface area contributed by atoms with Gasteiger partial charge in [-0.3, -0.25) is 4.79 Å². The molecule has 0 atom stereocenters. The van der Waals surface area contributed by atoms with Gasteiger partial charge in [0.05, 0.1) is 4.90 Å². The average molecular weight is 358 g/mol. The molecule has 0 radical (unpaired) electrons. The Labute approximate surface area is 139 Å². The molecule has 0 heterocycles. The van der Waals surface area contributed by atoms with Crippen molar-refractivity contribution in [1.29, 1.82) is 0 Å². The Morgan fingerprint density at radius 1 is 1.09 bits per heavy atom. The highest BCUT2D eigenvalue weighted by molar-refractivity contribution is 7.92. The lowest BCUT2D eigenvalue weighted by Crippen LogP contribution is -2.23. The second kappa shape index (κ2) is 6.69. The van der Waals surface area contributed by atoms with Crippen LogP contribution in [0.5, 0.6) is 0 Å². The number of benzene rings is 2. The van der Waals surface area contributed by atoms with Crippen LogP contribution < -0.4 is 5.32 Å². The highest BCUT2D eigenvalue weighted by Gasteiger charge is 2.20. The quantitative estimate of drug-likeness (QED) is 0.906. The van der Waals surface area contributed by atoms with E-state index < -0.39 is 21.5 Å². The second-order valence-corrected chi connectivity index (χ2v) is 7.51. The first kappa shape index (κ1) is 16.8. The molecule has 2 aromatic rings. The molecule has 0 aliphatic heterocycles. The monoisotopic (exact) mass is 357 g/mol. The zero-order valence-corrected chi connectivity index (χ0v) is 14.0. The van der Waals surface area contributed by atoms with Gasteiger partial charge in [-0.1, -0.05) is 29.3 Å². The maximum atomic E-state index is 12.2. The van der Waals surface area contributed by atoms with E-state index in [1.165, 1.54) is 24.3 Å². The number of hydrogen-bond donors (Lipinski definition) is 1. The maximum Gasteiger partial charge on any atom is 0.239 e. The van der Waals surface area contributed by atoms with Gasteiger partial charge in [0.1, 0.15) is 5.75 Å². The van der Waals surface area contributed by atoms with Crippen LogP contribution >= 0.6 is 23.2 Å². The lowest BCUT2D eigenvalue weighted by Gasteiger charge is -2.10. The van der Waals surface area contributed by atoms with Gasteiger partial charge in [-0.15, -0.1) is 0 Å². The average Bonchev–Trinajstić information content (AvgIpc) is 2.44. The van der Waals surface area contributed by atoms with Gasteiger partial charge in [0.15, 0.2) is 9.84 Å². The molecule has 0 saturated carbocycles. The predicted octanol–water partition coefficient (Wildman–Crippen LogP) is 3.71. The van der Waals surface area contributed by atoms with Crippen LogP contribution in [0.25, 0.3) is 0 Å². The van der Waals surface area contributed by atoms with E-state index in [-0.39, 0.29) is 4.90 Å². The molecule has 0 aromatic heterocycles. The molecule has 0 saturated heterocycles. The number of anilines is 1. The molecule has 1 amide bonds. The third-order valence-electron chi connectivity index (χ3n) is 3.04. The second-order valence-electron chi connectivity index (χ2n) is 4.67. The molecule has 0 fully saturated rings. The minimum atomic E-state index is -3.72. The van der Waals surface area contributed by atoms with Crippen LogP contribution in [0.4, 0.5) is 5.69 Å². The summed E-state index contributed by atoms with van der Waals surface area (Å²) in [6.45, 7) is 1.74. The van der Waals surface area contributed by atoms with E-state index in [1.54, 1.807) is 25.1 Å². The van der Waals surface area contributed by atoms with Crippen molar-refractivity contribution in [1.82, 2.24) is 0 Å². The molecule has 2 rings (SSSR count). The van der Waals surface area contributed by atoms with Crippen molar-refractivity contribution in [2.24, 2.45) is 0 Å². The topological polar surface area (TPSA) is 63.2 Å². The predicted molar refractivity (Wildman–Crippen MR) is 88.3 cm³/mol. The van der Waals surface area contributed by atoms with Crippen LogP contribution in [0, 0.1) is 6.92 Å². The molecule has 2 aromatic carbocycles. The van der Waals surface area contributed by atoms with Gasteiger partial charge < -0.3 is 5.32 Å². The lowest BCUT2D eigenvalue weighted by molar-refractivity contribution is -0.113. The summed E-state index contributed by atoms with van der Waals surface area (Å²) in [4.78, 5) is 12.0. The summed E-state index contributed by atoms with van der Waals surface area (Å²) in [6.07, 6.45) is 0. The number of sulfone groups is 1. The van der Waals surface area contributed by atoms with Crippen LogP contribution in [-0.2, 0) is 14.6 Å². The summed E-state index contributed by atoms with van der Waals surface area (Å²) in [5, 5.41) is 3.49. The molecule has 0 aliphatic rings. The molecular formula is C15H13Cl2NO3S.